The van der Waals surface area contributed by atoms with Gasteiger partial charge in [-0.25, -0.2) is 0 Å². The van der Waals surface area contributed by atoms with Crippen LogP contribution >= 0.6 is 0 Å². The minimum absolute atomic E-state index is 0.727. The Morgan fingerprint density at radius 2 is 2.08 bits per heavy atom. The molecule has 0 aromatic rings. The zero-order valence-electron chi connectivity index (χ0n) is 9.58. The van der Waals surface area contributed by atoms with E-state index in [4.69, 9.17) is 0 Å². The first-order valence-corrected chi connectivity index (χ1v) is 5.48. The van der Waals surface area contributed by atoms with E-state index in [1.807, 2.05) is 0 Å². The average Bonchev–Trinajstić information content (AvgIpc) is 2.03. The maximum absolute atomic E-state index is 2.61. The number of rotatable bonds is 3. The van der Waals surface area contributed by atoms with Crippen LogP contribution in [0.2, 0.25) is 0 Å². The molecule has 1 rings (SSSR count). The zero-order chi connectivity index (χ0) is 9.84. The monoisotopic (exact) mass is 184 g/mol. The van der Waals surface area contributed by atoms with Gasteiger partial charge < -0.3 is 9.80 Å². The van der Waals surface area contributed by atoms with Crippen molar-refractivity contribution in [2.75, 3.05) is 33.7 Å². The molecule has 1 heterocycles. The van der Waals surface area contributed by atoms with Crippen LogP contribution in [0, 0.1) is 5.92 Å². The van der Waals surface area contributed by atoms with Gasteiger partial charge >= 0.3 is 0 Å². The van der Waals surface area contributed by atoms with Crippen molar-refractivity contribution in [3.05, 3.63) is 0 Å². The van der Waals surface area contributed by atoms with Gasteiger partial charge in [-0.15, -0.1) is 0 Å². The highest BCUT2D eigenvalue weighted by Gasteiger charge is 2.21. The summed E-state index contributed by atoms with van der Waals surface area (Å²) in [6, 6.07) is 0.727. The van der Waals surface area contributed by atoms with E-state index in [1.165, 1.54) is 32.5 Å². The van der Waals surface area contributed by atoms with E-state index in [-0.39, 0.29) is 0 Å². The third-order valence-electron chi connectivity index (χ3n) is 2.90. The fourth-order valence-corrected chi connectivity index (χ4v) is 2.23. The van der Waals surface area contributed by atoms with Crippen LogP contribution in [0.25, 0.3) is 0 Å². The fraction of sp³-hybridized carbons (Fsp3) is 1.00. The van der Waals surface area contributed by atoms with Crippen LogP contribution < -0.4 is 0 Å². The maximum atomic E-state index is 2.61. The fourth-order valence-electron chi connectivity index (χ4n) is 2.23. The standard InChI is InChI=1S/C11H24N2/c1-10(2)13-7-5-6-11(9-13)8-12(3)4/h10-11H,5-9H2,1-4H3/t11-/m0/s1. The lowest BCUT2D eigenvalue weighted by atomic mass is 9.97. The lowest BCUT2D eigenvalue weighted by Crippen LogP contribution is -2.42. The Morgan fingerprint density at radius 1 is 1.38 bits per heavy atom. The molecule has 0 saturated carbocycles. The summed E-state index contributed by atoms with van der Waals surface area (Å²) in [4.78, 5) is 4.92. The van der Waals surface area contributed by atoms with Gasteiger partial charge in [0.1, 0.15) is 0 Å². The van der Waals surface area contributed by atoms with Crippen LogP contribution in [0.3, 0.4) is 0 Å². The molecule has 0 unspecified atom stereocenters. The molecule has 0 amide bonds. The van der Waals surface area contributed by atoms with Crippen LogP contribution in [-0.4, -0.2) is 49.6 Å². The van der Waals surface area contributed by atoms with Gasteiger partial charge in [0, 0.05) is 19.1 Å². The first-order valence-electron chi connectivity index (χ1n) is 5.48. The summed E-state index contributed by atoms with van der Waals surface area (Å²) in [5, 5.41) is 0. The van der Waals surface area contributed by atoms with Crippen molar-refractivity contribution in [3.63, 3.8) is 0 Å². The highest BCUT2D eigenvalue weighted by molar-refractivity contribution is 4.76. The van der Waals surface area contributed by atoms with E-state index in [1.54, 1.807) is 0 Å². The molecule has 1 saturated heterocycles. The predicted molar refractivity (Wildman–Crippen MR) is 58.0 cm³/mol. The summed E-state index contributed by atoms with van der Waals surface area (Å²) in [7, 11) is 4.35. The number of hydrogen-bond donors (Lipinski definition) is 0. The second kappa shape index (κ2) is 4.97. The Kier molecular flexibility index (Phi) is 4.20. The summed E-state index contributed by atoms with van der Waals surface area (Å²) in [6.45, 7) is 8.47. The van der Waals surface area contributed by atoms with Gasteiger partial charge in [-0.2, -0.15) is 0 Å². The minimum atomic E-state index is 0.727. The molecule has 1 aliphatic rings. The van der Waals surface area contributed by atoms with E-state index in [2.05, 4.69) is 37.7 Å². The molecular weight excluding hydrogens is 160 g/mol. The Labute approximate surface area is 82.9 Å². The molecule has 13 heavy (non-hydrogen) atoms. The first kappa shape index (κ1) is 11.0. The molecule has 78 valence electrons. The summed E-state index contributed by atoms with van der Waals surface area (Å²) >= 11 is 0. The molecule has 2 nitrogen and oxygen atoms in total. The van der Waals surface area contributed by atoms with Gasteiger partial charge in [0.2, 0.25) is 0 Å². The average molecular weight is 184 g/mol. The van der Waals surface area contributed by atoms with Gasteiger partial charge in [0.25, 0.3) is 0 Å². The van der Waals surface area contributed by atoms with E-state index >= 15 is 0 Å². The van der Waals surface area contributed by atoms with E-state index in [0.29, 0.717) is 0 Å². The van der Waals surface area contributed by atoms with Gasteiger partial charge in [-0.3, -0.25) is 0 Å². The van der Waals surface area contributed by atoms with Crippen molar-refractivity contribution >= 4 is 0 Å². The topological polar surface area (TPSA) is 6.48 Å². The Balaban J connectivity index is 2.33. The van der Waals surface area contributed by atoms with Crippen molar-refractivity contribution in [2.45, 2.75) is 32.7 Å². The molecule has 0 N–H and O–H groups in total. The smallest absolute Gasteiger partial charge is 0.00387 e. The summed E-state index contributed by atoms with van der Waals surface area (Å²) in [5.41, 5.74) is 0. The largest absolute Gasteiger partial charge is 0.309 e. The number of hydrogen-bond acceptors (Lipinski definition) is 2. The van der Waals surface area contributed by atoms with Crippen LogP contribution in [0.1, 0.15) is 26.7 Å². The highest BCUT2D eigenvalue weighted by Crippen LogP contribution is 2.18. The van der Waals surface area contributed by atoms with Crippen LogP contribution in [0.4, 0.5) is 0 Å². The molecule has 0 aliphatic carbocycles. The summed E-state index contributed by atoms with van der Waals surface area (Å²) < 4.78 is 0. The minimum Gasteiger partial charge on any atom is -0.309 e. The van der Waals surface area contributed by atoms with Crippen molar-refractivity contribution < 1.29 is 0 Å². The molecule has 0 radical (unpaired) electrons. The van der Waals surface area contributed by atoms with Crippen molar-refractivity contribution in [2.24, 2.45) is 5.92 Å². The molecule has 1 fully saturated rings. The van der Waals surface area contributed by atoms with Crippen molar-refractivity contribution in [3.8, 4) is 0 Å². The van der Waals surface area contributed by atoms with Crippen LogP contribution in [0.15, 0.2) is 0 Å². The normalized spacial score (nSPS) is 25.8. The summed E-state index contributed by atoms with van der Waals surface area (Å²) in [6.07, 6.45) is 2.80. The zero-order valence-corrected chi connectivity index (χ0v) is 9.58. The second-order valence-corrected chi connectivity index (χ2v) is 4.86. The summed E-state index contributed by atoms with van der Waals surface area (Å²) in [5.74, 6) is 0.895. The maximum Gasteiger partial charge on any atom is 0.00387 e. The van der Waals surface area contributed by atoms with Gasteiger partial charge in [-0.05, 0) is 53.2 Å². The van der Waals surface area contributed by atoms with Crippen molar-refractivity contribution in [1.82, 2.24) is 9.80 Å². The SMILES string of the molecule is CC(C)N1CCC[C@@H](CN(C)C)C1. The molecule has 0 bridgehead atoms. The molecule has 1 aliphatic heterocycles. The molecule has 0 spiro atoms. The Morgan fingerprint density at radius 3 is 2.62 bits per heavy atom. The lowest BCUT2D eigenvalue weighted by molar-refractivity contribution is 0.123. The lowest BCUT2D eigenvalue weighted by Gasteiger charge is -2.36. The molecule has 1 atom stereocenters. The van der Waals surface area contributed by atoms with E-state index < -0.39 is 0 Å². The first-order chi connectivity index (χ1) is 6.09. The van der Waals surface area contributed by atoms with E-state index in [9.17, 15) is 0 Å². The van der Waals surface area contributed by atoms with E-state index in [0.717, 1.165) is 12.0 Å². The second-order valence-electron chi connectivity index (χ2n) is 4.86. The van der Waals surface area contributed by atoms with Crippen molar-refractivity contribution in [1.29, 1.82) is 0 Å². The predicted octanol–water partition coefficient (Wildman–Crippen LogP) is 1.67. The van der Waals surface area contributed by atoms with Gasteiger partial charge in [0.15, 0.2) is 0 Å². The number of nitrogens with zero attached hydrogens (tertiary/aromatic N) is 2. The molecule has 2 heteroatoms. The van der Waals surface area contributed by atoms with Crippen LogP contribution in [0.5, 0.6) is 0 Å². The quantitative estimate of drug-likeness (QED) is 0.658. The molecule has 0 aromatic heterocycles. The molecule has 0 aromatic carbocycles. The highest BCUT2D eigenvalue weighted by atomic mass is 15.2. The Hall–Kier alpha value is -0.0800. The third-order valence-corrected chi connectivity index (χ3v) is 2.90. The molecular formula is C11H24N2. The number of piperidine rings is 1. The Bertz CT molecular complexity index is 143. The number of likely N-dealkylation sites (tertiary alicyclic amines) is 1. The van der Waals surface area contributed by atoms with Gasteiger partial charge in [-0.1, -0.05) is 0 Å². The van der Waals surface area contributed by atoms with Crippen LogP contribution in [-0.2, 0) is 0 Å². The third kappa shape index (κ3) is 3.65. The van der Waals surface area contributed by atoms with Gasteiger partial charge in [0.05, 0.1) is 0 Å².